The second kappa shape index (κ2) is 10.3. The first-order valence-corrected chi connectivity index (χ1v) is 12.2. The van der Waals surface area contributed by atoms with Gasteiger partial charge in [0.25, 0.3) is 11.8 Å². The van der Waals surface area contributed by atoms with Crippen LogP contribution in [0.5, 0.6) is 0 Å². The van der Waals surface area contributed by atoms with Crippen LogP contribution < -0.4 is 27.0 Å². The molecule has 2 aromatic heterocycles. The van der Waals surface area contributed by atoms with Crippen LogP contribution in [0.4, 0.5) is 17.1 Å². The van der Waals surface area contributed by atoms with Gasteiger partial charge in [-0.2, -0.15) is 0 Å². The number of hydrogen-bond donors (Lipinski definition) is 3. The van der Waals surface area contributed by atoms with Gasteiger partial charge in [-0.25, -0.2) is 4.98 Å². The number of nitrogens with two attached hydrogens (primary N) is 3. The predicted molar refractivity (Wildman–Crippen MR) is 139 cm³/mol. The minimum absolute atomic E-state index is 0.00688. The highest BCUT2D eigenvalue weighted by molar-refractivity contribution is 7.21. The van der Waals surface area contributed by atoms with Crippen molar-refractivity contribution in [2.24, 2.45) is 11.5 Å². The van der Waals surface area contributed by atoms with E-state index in [0.29, 0.717) is 29.2 Å². The van der Waals surface area contributed by atoms with Gasteiger partial charge in [0, 0.05) is 57.2 Å². The zero-order valence-electron chi connectivity index (χ0n) is 19.4. The van der Waals surface area contributed by atoms with Gasteiger partial charge in [-0.15, -0.1) is 11.3 Å². The van der Waals surface area contributed by atoms with Gasteiger partial charge in [-0.05, 0) is 49.7 Å². The third kappa shape index (κ3) is 4.78. The number of fused-ring (bicyclic) bond motifs is 1. The quantitative estimate of drug-likeness (QED) is 0.470. The summed E-state index contributed by atoms with van der Waals surface area (Å²) in [5.74, 6) is -0.520. The molecule has 0 bridgehead atoms. The lowest BCUT2D eigenvalue weighted by molar-refractivity contribution is 0.0794. The Labute approximate surface area is 203 Å². The van der Waals surface area contributed by atoms with E-state index in [0.717, 1.165) is 60.6 Å². The van der Waals surface area contributed by atoms with Crippen LogP contribution in [0.3, 0.4) is 0 Å². The molecule has 9 nitrogen and oxygen atoms in total. The minimum Gasteiger partial charge on any atom is -0.397 e. The molecule has 0 spiro atoms. The van der Waals surface area contributed by atoms with Gasteiger partial charge in [0.1, 0.15) is 9.71 Å². The molecule has 180 valence electrons. The average molecular weight is 482 g/mol. The van der Waals surface area contributed by atoms with Crippen molar-refractivity contribution in [1.29, 1.82) is 0 Å². The number of nitrogens with zero attached hydrogens (tertiary/aromatic N) is 4. The molecule has 6 N–H and O–H groups in total. The Morgan fingerprint density at radius 1 is 1.09 bits per heavy atom. The van der Waals surface area contributed by atoms with Crippen LogP contribution in [-0.4, -0.2) is 68.0 Å². The predicted octanol–water partition coefficient (Wildman–Crippen LogP) is 2.11. The third-order valence-electron chi connectivity index (χ3n) is 6.19. The molecule has 3 heterocycles. The Kier molecular flexibility index (Phi) is 7.18. The maximum atomic E-state index is 12.6. The number of carbonyl (C=O) groups excluding carboxylic acids is 2. The van der Waals surface area contributed by atoms with Crippen molar-refractivity contribution in [3.63, 3.8) is 0 Å². The highest BCUT2D eigenvalue weighted by Crippen LogP contribution is 2.38. The number of rotatable bonds is 7. The number of anilines is 3. The van der Waals surface area contributed by atoms with Crippen molar-refractivity contribution in [3.05, 3.63) is 47.0 Å². The molecule has 0 unspecified atom stereocenters. The monoisotopic (exact) mass is 481 g/mol. The third-order valence-corrected chi connectivity index (χ3v) is 7.32. The van der Waals surface area contributed by atoms with Crippen molar-refractivity contribution in [2.45, 2.75) is 12.8 Å². The van der Waals surface area contributed by atoms with E-state index in [4.69, 9.17) is 17.2 Å². The van der Waals surface area contributed by atoms with Crippen LogP contribution in [0.15, 0.2) is 36.5 Å². The molecule has 10 heteroatoms. The topological polar surface area (TPSA) is 135 Å². The summed E-state index contributed by atoms with van der Waals surface area (Å²) in [6, 6.07) is 9.76. The summed E-state index contributed by atoms with van der Waals surface area (Å²) >= 11 is 1.24. The van der Waals surface area contributed by atoms with E-state index < -0.39 is 5.91 Å². The van der Waals surface area contributed by atoms with E-state index in [1.807, 2.05) is 30.3 Å². The first-order chi connectivity index (χ1) is 16.4. The number of pyridine rings is 1. The van der Waals surface area contributed by atoms with E-state index in [2.05, 4.69) is 14.8 Å². The molecule has 34 heavy (non-hydrogen) atoms. The van der Waals surface area contributed by atoms with Crippen LogP contribution in [0.1, 0.15) is 32.9 Å². The van der Waals surface area contributed by atoms with Gasteiger partial charge in [0.05, 0.1) is 16.8 Å². The van der Waals surface area contributed by atoms with Crippen LogP contribution in [0.2, 0.25) is 0 Å². The maximum Gasteiger partial charge on any atom is 0.260 e. The highest BCUT2D eigenvalue weighted by atomic mass is 32.1. The van der Waals surface area contributed by atoms with E-state index >= 15 is 0 Å². The fourth-order valence-electron chi connectivity index (χ4n) is 4.36. The standard InChI is InChI=1S/C24H31N7O2S/c1-29(11-2-9-25)24(33)16-4-6-17(7-5-16)30-12-3-13-31(15-14-30)18-8-10-28-23-19(18)20(26)21(34-23)22(27)32/h4-8,10H,2-3,9,11-15,25-26H2,1H3,(H2,27,32). The van der Waals surface area contributed by atoms with Crippen LogP contribution in [0.25, 0.3) is 10.2 Å². The molecule has 1 saturated heterocycles. The van der Waals surface area contributed by atoms with Crippen molar-refractivity contribution < 1.29 is 9.59 Å². The zero-order valence-corrected chi connectivity index (χ0v) is 20.2. The van der Waals surface area contributed by atoms with Crippen molar-refractivity contribution in [1.82, 2.24) is 9.88 Å². The molecule has 4 rings (SSSR count). The largest absolute Gasteiger partial charge is 0.397 e. The van der Waals surface area contributed by atoms with Gasteiger partial charge in [-0.1, -0.05) is 0 Å². The fourth-order valence-corrected chi connectivity index (χ4v) is 5.29. The number of thiophene rings is 1. The summed E-state index contributed by atoms with van der Waals surface area (Å²) in [5, 5.41) is 0.802. The lowest BCUT2D eigenvalue weighted by Crippen LogP contribution is -2.31. The smallest absolute Gasteiger partial charge is 0.260 e. The molecule has 1 aliphatic heterocycles. The molecular weight excluding hydrogens is 450 g/mol. The van der Waals surface area contributed by atoms with Crippen molar-refractivity contribution in [2.75, 3.05) is 61.8 Å². The Hall–Kier alpha value is -3.37. The number of aromatic nitrogens is 1. The lowest BCUT2D eigenvalue weighted by Gasteiger charge is -2.25. The van der Waals surface area contributed by atoms with Gasteiger partial charge in [0.15, 0.2) is 0 Å². The van der Waals surface area contributed by atoms with Gasteiger partial charge in [0.2, 0.25) is 0 Å². The average Bonchev–Trinajstić information content (AvgIpc) is 3.02. The first-order valence-electron chi connectivity index (χ1n) is 11.4. The lowest BCUT2D eigenvalue weighted by atomic mass is 10.1. The minimum atomic E-state index is -0.527. The molecule has 1 fully saturated rings. The summed E-state index contributed by atoms with van der Waals surface area (Å²) in [6.45, 7) is 4.60. The molecule has 2 amide bonds. The van der Waals surface area contributed by atoms with Crippen LogP contribution in [0, 0.1) is 0 Å². The summed E-state index contributed by atoms with van der Waals surface area (Å²) in [4.78, 5) is 36.2. The first kappa shape index (κ1) is 23.8. The van der Waals surface area contributed by atoms with Crippen molar-refractivity contribution >= 4 is 50.4 Å². The van der Waals surface area contributed by atoms with Crippen molar-refractivity contribution in [3.8, 4) is 0 Å². The Morgan fingerprint density at radius 3 is 2.50 bits per heavy atom. The Morgan fingerprint density at radius 2 is 1.79 bits per heavy atom. The number of amides is 2. The van der Waals surface area contributed by atoms with Gasteiger partial charge >= 0.3 is 0 Å². The molecule has 3 aromatic rings. The molecule has 0 atom stereocenters. The molecule has 0 aliphatic carbocycles. The number of nitrogen functional groups attached to an aromatic ring is 1. The highest BCUT2D eigenvalue weighted by Gasteiger charge is 2.22. The van der Waals surface area contributed by atoms with Crippen LogP contribution >= 0.6 is 11.3 Å². The zero-order chi connectivity index (χ0) is 24.2. The van der Waals surface area contributed by atoms with E-state index in [1.165, 1.54) is 11.3 Å². The number of carbonyl (C=O) groups is 2. The van der Waals surface area contributed by atoms with Gasteiger partial charge < -0.3 is 31.9 Å². The fraction of sp³-hybridized carbons (Fsp3) is 0.375. The molecule has 1 aromatic carbocycles. The summed E-state index contributed by atoms with van der Waals surface area (Å²) < 4.78 is 0. The van der Waals surface area contributed by atoms with Crippen LogP contribution in [-0.2, 0) is 0 Å². The normalized spacial score (nSPS) is 14.3. The van der Waals surface area contributed by atoms with E-state index in [9.17, 15) is 9.59 Å². The molecular formula is C24H31N7O2S. The maximum absolute atomic E-state index is 12.6. The number of hydrogen-bond acceptors (Lipinski definition) is 8. The summed E-state index contributed by atoms with van der Waals surface area (Å²) in [7, 11) is 1.80. The number of primary amides is 1. The Balaban J connectivity index is 1.48. The summed E-state index contributed by atoms with van der Waals surface area (Å²) in [6.07, 6.45) is 3.50. The Bertz CT molecular complexity index is 1180. The molecule has 0 radical (unpaired) electrons. The second-order valence-corrected chi connectivity index (χ2v) is 9.46. The van der Waals surface area contributed by atoms with Gasteiger partial charge in [-0.3, -0.25) is 9.59 Å². The van der Waals surface area contributed by atoms with E-state index in [-0.39, 0.29) is 5.91 Å². The van der Waals surface area contributed by atoms with E-state index in [1.54, 1.807) is 18.1 Å². The summed E-state index contributed by atoms with van der Waals surface area (Å²) in [5.41, 5.74) is 20.5. The molecule has 0 saturated carbocycles. The number of benzene rings is 1. The molecule has 1 aliphatic rings. The second-order valence-electron chi connectivity index (χ2n) is 8.46. The SMILES string of the molecule is CN(CCCN)C(=O)c1ccc(N2CCCN(c3ccnc4sc(C(N)=O)c(N)c34)CC2)cc1.